The van der Waals surface area contributed by atoms with E-state index in [0.29, 0.717) is 16.9 Å². The fourth-order valence-electron chi connectivity index (χ4n) is 3.09. The molecule has 1 fully saturated rings. The molecule has 0 aromatic heterocycles. The van der Waals surface area contributed by atoms with Crippen molar-refractivity contribution in [3.63, 3.8) is 0 Å². The van der Waals surface area contributed by atoms with Crippen molar-refractivity contribution in [1.82, 2.24) is 0 Å². The van der Waals surface area contributed by atoms with Gasteiger partial charge in [-0.2, -0.15) is 0 Å². The van der Waals surface area contributed by atoms with Gasteiger partial charge in [0.1, 0.15) is 0 Å². The van der Waals surface area contributed by atoms with Crippen LogP contribution in [0.15, 0.2) is 36.4 Å². The van der Waals surface area contributed by atoms with Crippen LogP contribution >= 0.6 is 11.6 Å². The fraction of sp³-hybridized carbons (Fsp3) is 0.438. The molecule has 100 valence electrons. The maximum absolute atomic E-state index is 12.3. The van der Waals surface area contributed by atoms with Gasteiger partial charge in [0.25, 0.3) is 0 Å². The third-order valence-corrected chi connectivity index (χ3v) is 4.38. The highest BCUT2D eigenvalue weighted by molar-refractivity contribution is 6.30. The van der Waals surface area contributed by atoms with Gasteiger partial charge in [-0.25, -0.2) is 0 Å². The lowest BCUT2D eigenvalue weighted by molar-refractivity contribution is -0.117. The summed E-state index contributed by atoms with van der Waals surface area (Å²) < 4.78 is 0. The lowest BCUT2D eigenvalue weighted by Gasteiger charge is -2.05. The van der Waals surface area contributed by atoms with Crippen LogP contribution in [-0.2, 0) is 4.79 Å². The second kappa shape index (κ2) is 5.38. The van der Waals surface area contributed by atoms with Gasteiger partial charge in [-0.1, -0.05) is 36.2 Å². The van der Waals surface area contributed by atoms with Crippen LogP contribution in [0.1, 0.15) is 25.7 Å². The first kappa shape index (κ1) is 12.7. The quantitative estimate of drug-likeness (QED) is 0.803. The minimum atomic E-state index is 0.142. The molecule has 2 aliphatic rings. The zero-order chi connectivity index (χ0) is 13.2. The predicted octanol–water partition coefficient (Wildman–Crippen LogP) is 4.27. The van der Waals surface area contributed by atoms with E-state index in [9.17, 15) is 4.79 Å². The predicted molar refractivity (Wildman–Crippen MR) is 78.2 cm³/mol. The van der Waals surface area contributed by atoms with E-state index in [1.54, 1.807) is 6.07 Å². The monoisotopic (exact) mass is 275 g/mol. The summed E-state index contributed by atoms with van der Waals surface area (Å²) in [6.45, 7) is 0. The van der Waals surface area contributed by atoms with E-state index in [1.807, 2.05) is 18.2 Å². The second-order valence-corrected chi connectivity index (χ2v) is 5.92. The van der Waals surface area contributed by atoms with Crippen molar-refractivity contribution in [2.45, 2.75) is 25.7 Å². The van der Waals surface area contributed by atoms with Crippen LogP contribution in [-0.4, -0.2) is 5.91 Å². The summed E-state index contributed by atoms with van der Waals surface area (Å²) in [7, 11) is 0. The molecule has 0 bridgehead atoms. The van der Waals surface area contributed by atoms with Crippen LogP contribution in [0.4, 0.5) is 5.69 Å². The number of benzene rings is 1. The summed E-state index contributed by atoms with van der Waals surface area (Å²) in [5.41, 5.74) is 0.792. The molecule has 0 aliphatic heterocycles. The molecule has 0 spiro atoms. The van der Waals surface area contributed by atoms with E-state index in [4.69, 9.17) is 11.6 Å². The van der Waals surface area contributed by atoms with E-state index < -0.39 is 0 Å². The fourth-order valence-corrected chi connectivity index (χ4v) is 3.28. The van der Waals surface area contributed by atoms with E-state index in [0.717, 1.165) is 12.1 Å². The number of fused-ring (bicyclic) bond motifs is 1. The van der Waals surface area contributed by atoms with Gasteiger partial charge in [-0.05, 0) is 49.3 Å². The molecule has 3 atom stereocenters. The van der Waals surface area contributed by atoms with Crippen LogP contribution in [0, 0.1) is 17.8 Å². The Labute approximate surface area is 118 Å². The van der Waals surface area contributed by atoms with Gasteiger partial charge >= 0.3 is 0 Å². The Bertz CT molecular complexity index is 511. The second-order valence-electron chi connectivity index (χ2n) is 5.48. The van der Waals surface area contributed by atoms with E-state index in [2.05, 4.69) is 17.5 Å². The topological polar surface area (TPSA) is 29.1 Å². The molecule has 1 N–H and O–H groups in total. The SMILES string of the molecule is O=C(Nc1cccc(Cl)c1)C1C2/C=C\CCCCC21. The van der Waals surface area contributed by atoms with Crippen LogP contribution < -0.4 is 5.32 Å². The molecule has 1 aromatic rings. The number of hydrogen-bond donors (Lipinski definition) is 1. The molecule has 19 heavy (non-hydrogen) atoms. The highest BCUT2D eigenvalue weighted by Gasteiger charge is 2.52. The molecule has 1 amide bonds. The minimum Gasteiger partial charge on any atom is -0.326 e. The number of halogens is 1. The molecule has 3 heteroatoms. The number of amides is 1. The van der Waals surface area contributed by atoms with Crippen LogP contribution in [0.2, 0.25) is 5.02 Å². The van der Waals surface area contributed by atoms with Crippen molar-refractivity contribution in [3.05, 3.63) is 41.4 Å². The number of hydrogen-bond acceptors (Lipinski definition) is 1. The molecule has 3 unspecified atom stereocenters. The average Bonchev–Trinajstić information content (AvgIpc) is 3.00. The molecular weight excluding hydrogens is 258 g/mol. The maximum atomic E-state index is 12.3. The third kappa shape index (κ3) is 2.84. The Morgan fingerprint density at radius 1 is 1.32 bits per heavy atom. The molecule has 0 saturated heterocycles. The number of rotatable bonds is 2. The van der Waals surface area contributed by atoms with Crippen LogP contribution in [0.25, 0.3) is 0 Å². The van der Waals surface area contributed by atoms with E-state index >= 15 is 0 Å². The van der Waals surface area contributed by atoms with Crippen LogP contribution in [0.3, 0.4) is 0 Å². The Balaban J connectivity index is 1.65. The molecule has 1 aromatic carbocycles. The van der Waals surface area contributed by atoms with E-state index in [-0.39, 0.29) is 11.8 Å². The average molecular weight is 276 g/mol. The van der Waals surface area contributed by atoms with Crippen molar-refractivity contribution in [2.24, 2.45) is 17.8 Å². The Morgan fingerprint density at radius 3 is 3.05 bits per heavy atom. The van der Waals surface area contributed by atoms with Crippen LogP contribution in [0.5, 0.6) is 0 Å². The number of carbonyl (C=O) groups excluding carboxylic acids is 1. The first-order valence-electron chi connectivity index (χ1n) is 6.99. The molecule has 3 rings (SSSR count). The smallest absolute Gasteiger partial charge is 0.228 e. The first-order chi connectivity index (χ1) is 9.25. The number of allylic oxidation sites excluding steroid dienone is 2. The van der Waals surface area contributed by atoms with Crippen molar-refractivity contribution in [1.29, 1.82) is 0 Å². The summed E-state index contributed by atoms with van der Waals surface area (Å²) in [5.74, 6) is 1.31. The highest BCUT2D eigenvalue weighted by atomic mass is 35.5. The van der Waals surface area contributed by atoms with Gasteiger partial charge in [-0.15, -0.1) is 0 Å². The molecular formula is C16H18ClNO. The van der Waals surface area contributed by atoms with Gasteiger partial charge in [0.2, 0.25) is 5.91 Å². The van der Waals surface area contributed by atoms with Crippen molar-refractivity contribution >= 4 is 23.2 Å². The van der Waals surface area contributed by atoms with Gasteiger partial charge in [0.15, 0.2) is 0 Å². The molecule has 1 saturated carbocycles. The largest absolute Gasteiger partial charge is 0.326 e. The third-order valence-electron chi connectivity index (χ3n) is 4.14. The van der Waals surface area contributed by atoms with Crippen molar-refractivity contribution in [3.8, 4) is 0 Å². The van der Waals surface area contributed by atoms with Gasteiger partial charge in [0.05, 0.1) is 0 Å². The van der Waals surface area contributed by atoms with Gasteiger partial charge < -0.3 is 5.32 Å². The molecule has 0 heterocycles. The zero-order valence-electron chi connectivity index (χ0n) is 10.8. The Kier molecular flexibility index (Phi) is 3.61. The summed E-state index contributed by atoms with van der Waals surface area (Å²) in [5, 5.41) is 3.64. The van der Waals surface area contributed by atoms with Crippen molar-refractivity contribution < 1.29 is 4.79 Å². The summed E-state index contributed by atoms with van der Waals surface area (Å²) in [4.78, 5) is 12.3. The van der Waals surface area contributed by atoms with Crippen molar-refractivity contribution in [2.75, 3.05) is 5.32 Å². The lowest BCUT2D eigenvalue weighted by atomic mass is 10.1. The van der Waals surface area contributed by atoms with E-state index in [1.165, 1.54) is 19.3 Å². The lowest BCUT2D eigenvalue weighted by Crippen LogP contribution is -2.15. The summed E-state index contributed by atoms with van der Waals surface area (Å²) >= 11 is 5.93. The number of carbonyl (C=O) groups is 1. The maximum Gasteiger partial charge on any atom is 0.228 e. The standard InChI is InChI=1S/C16H18ClNO/c17-11-6-5-7-12(10-11)18-16(19)15-13-8-3-1-2-4-9-14(13)15/h3,5-8,10,13-15H,1-2,4,9H2,(H,18,19)/b8-3-. The minimum absolute atomic E-state index is 0.142. The highest BCUT2D eigenvalue weighted by Crippen LogP contribution is 2.51. The molecule has 2 nitrogen and oxygen atoms in total. The molecule has 2 aliphatic carbocycles. The summed E-state index contributed by atoms with van der Waals surface area (Å²) in [6, 6.07) is 7.34. The van der Waals surface area contributed by atoms with Gasteiger partial charge in [0, 0.05) is 16.6 Å². The Morgan fingerprint density at radius 2 is 2.21 bits per heavy atom. The number of nitrogens with one attached hydrogen (secondary N) is 1. The molecule has 0 radical (unpaired) electrons. The summed E-state index contributed by atoms with van der Waals surface area (Å²) in [6.07, 6.45) is 9.32. The number of anilines is 1. The normalized spacial score (nSPS) is 30.7. The van der Waals surface area contributed by atoms with Gasteiger partial charge in [-0.3, -0.25) is 4.79 Å². The Hall–Kier alpha value is -1.28. The first-order valence-corrected chi connectivity index (χ1v) is 7.36. The zero-order valence-corrected chi connectivity index (χ0v) is 11.6.